The number of carbonyl (C=O) groups excluding carboxylic acids is 2. The van der Waals surface area contributed by atoms with Gasteiger partial charge in [0.1, 0.15) is 17.9 Å². The Balaban J connectivity index is 1.75. The molecule has 0 spiro atoms. The molecule has 3 aromatic rings. The quantitative estimate of drug-likeness (QED) is 0.505. The molecule has 1 heterocycles. The highest BCUT2D eigenvalue weighted by molar-refractivity contribution is 5.90. The van der Waals surface area contributed by atoms with E-state index in [1.807, 2.05) is 6.07 Å². The highest BCUT2D eigenvalue weighted by Gasteiger charge is 2.27. The second-order valence-electron chi connectivity index (χ2n) is 7.04. The van der Waals surface area contributed by atoms with Crippen LogP contribution in [0.2, 0.25) is 0 Å². The summed E-state index contributed by atoms with van der Waals surface area (Å²) in [6.07, 6.45) is 1.37. The number of carbonyl (C=O) groups is 3. The van der Waals surface area contributed by atoms with E-state index in [4.69, 9.17) is 0 Å². The molecule has 0 aliphatic carbocycles. The minimum absolute atomic E-state index is 0.00525. The summed E-state index contributed by atoms with van der Waals surface area (Å²) in [6, 6.07) is 10.4. The van der Waals surface area contributed by atoms with E-state index in [9.17, 15) is 23.9 Å². The molecule has 0 radical (unpaired) electrons. The molecular weight excluding hydrogens is 403 g/mol. The molecule has 0 aliphatic heterocycles. The van der Waals surface area contributed by atoms with E-state index in [-0.39, 0.29) is 12.8 Å². The number of amides is 2. The Kier molecular flexibility index (Phi) is 6.86. The van der Waals surface area contributed by atoms with E-state index in [0.29, 0.717) is 22.3 Å². The van der Waals surface area contributed by atoms with Crippen LogP contribution in [-0.4, -0.2) is 44.9 Å². The molecular formula is C22H21FN4O4. The Morgan fingerprint density at radius 1 is 1.00 bits per heavy atom. The number of nitrogens with zero attached hydrogens (tertiary/aromatic N) is 2. The van der Waals surface area contributed by atoms with Crippen molar-refractivity contribution in [3.63, 3.8) is 0 Å². The van der Waals surface area contributed by atoms with Crippen molar-refractivity contribution < 1.29 is 23.9 Å². The van der Waals surface area contributed by atoms with Crippen LogP contribution in [0, 0.1) is 5.82 Å². The van der Waals surface area contributed by atoms with Crippen molar-refractivity contribution in [1.29, 1.82) is 0 Å². The summed E-state index contributed by atoms with van der Waals surface area (Å²) in [7, 11) is 0. The molecule has 3 N–H and O–H groups in total. The van der Waals surface area contributed by atoms with Gasteiger partial charge in [-0.3, -0.25) is 14.6 Å². The normalized spacial score (nSPS) is 12.7. The van der Waals surface area contributed by atoms with Crippen LogP contribution < -0.4 is 10.6 Å². The molecule has 2 aromatic carbocycles. The van der Waals surface area contributed by atoms with Gasteiger partial charge in [-0.1, -0.05) is 24.3 Å². The number of hydrogen-bond donors (Lipinski definition) is 3. The highest BCUT2D eigenvalue weighted by atomic mass is 19.1. The monoisotopic (exact) mass is 424 g/mol. The second-order valence-corrected chi connectivity index (χ2v) is 7.04. The van der Waals surface area contributed by atoms with Crippen LogP contribution in [0.4, 0.5) is 4.39 Å². The van der Waals surface area contributed by atoms with Crippen LogP contribution in [-0.2, 0) is 27.2 Å². The smallest absolute Gasteiger partial charge is 0.326 e. The molecule has 0 saturated heterocycles. The first kappa shape index (κ1) is 21.8. The van der Waals surface area contributed by atoms with Crippen LogP contribution in [0.15, 0.2) is 54.7 Å². The van der Waals surface area contributed by atoms with Gasteiger partial charge in [0.05, 0.1) is 16.7 Å². The first-order valence-corrected chi connectivity index (χ1v) is 9.57. The largest absolute Gasteiger partial charge is 0.480 e. The fourth-order valence-corrected chi connectivity index (χ4v) is 3.13. The van der Waals surface area contributed by atoms with Crippen molar-refractivity contribution in [3.05, 3.63) is 71.8 Å². The third-order valence-electron chi connectivity index (χ3n) is 4.55. The van der Waals surface area contributed by atoms with Crippen molar-refractivity contribution in [3.8, 4) is 0 Å². The summed E-state index contributed by atoms with van der Waals surface area (Å²) in [5.41, 5.74) is 2.16. The summed E-state index contributed by atoms with van der Waals surface area (Å²) in [6.45, 7) is 1.24. The average Bonchev–Trinajstić information content (AvgIpc) is 2.72. The summed E-state index contributed by atoms with van der Waals surface area (Å²) < 4.78 is 13.5. The first-order valence-electron chi connectivity index (χ1n) is 9.57. The van der Waals surface area contributed by atoms with Gasteiger partial charge in [0.2, 0.25) is 11.8 Å². The van der Waals surface area contributed by atoms with Gasteiger partial charge < -0.3 is 15.7 Å². The predicted molar refractivity (Wildman–Crippen MR) is 111 cm³/mol. The Morgan fingerprint density at radius 3 is 2.42 bits per heavy atom. The number of aliphatic carboxylic acids is 1. The molecule has 31 heavy (non-hydrogen) atoms. The zero-order chi connectivity index (χ0) is 22.4. The van der Waals surface area contributed by atoms with Gasteiger partial charge in [0.25, 0.3) is 0 Å². The maximum atomic E-state index is 13.5. The number of para-hydroxylation sites is 2. The van der Waals surface area contributed by atoms with Crippen LogP contribution in [0.3, 0.4) is 0 Å². The predicted octanol–water partition coefficient (Wildman–Crippen LogP) is 1.63. The maximum Gasteiger partial charge on any atom is 0.326 e. The van der Waals surface area contributed by atoms with Crippen LogP contribution in [0.25, 0.3) is 11.0 Å². The number of hydrogen-bond acceptors (Lipinski definition) is 5. The minimum Gasteiger partial charge on any atom is -0.480 e. The van der Waals surface area contributed by atoms with E-state index in [1.165, 1.54) is 31.3 Å². The van der Waals surface area contributed by atoms with Gasteiger partial charge in [-0.25, -0.2) is 14.2 Å². The molecule has 0 aliphatic rings. The zero-order valence-electron chi connectivity index (χ0n) is 16.7. The van der Waals surface area contributed by atoms with E-state index in [0.717, 1.165) is 0 Å². The molecule has 8 nitrogen and oxygen atoms in total. The lowest BCUT2D eigenvalue weighted by Gasteiger charge is -2.21. The Hall–Kier alpha value is -3.88. The van der Waals surface area contributed by atoms with Crippen molar-refractivity contribution in [1.82, 2.24) is 20.6 Å². The van der Waals surface area contributed by atoms with Gasteiger partial charge in [0.15, 0.2) is 0 Å². The minimum atomic E-state index is -1.29. The molecule has 0 unspecified atom stereocenters. The summed E-state index contributed by atoms with van der Waals surface area (Å²) in [5, 5.41) is 14.5. The molecule has 0 saturated carbocycles. The van der Waals surface area contributed by atoms with Crippen molar-refractivity contribution in [2.24, 2.45) is 0 Å². The molecule has 0 bridgehead atoms. The van der Waals surface area contributed by atoms with Gasteiger partial charge in [-0.05, 0) is 29.8 Å². The van der Waals surface area contributed by atoms with Crippen LogP contribution in [0.1, 0.15) is 18.2 Å². The Bertz CT molecular complexity index is 1120. The van der Waals surface area contributed by atoms with Crippen molar-refractivity contribution in [2.75, 3.05) is 0 Å². The van der Waals surface area contributed by atoms with E-state index < -0.39 is 35.7 Å². The Labute approximate surface area is 177 Å². The number of fused-ring (bicyclic) bond motifs is 1. The first-order chi connectivity index (χ1) is 14.8. The second kappa shape index (κ2) is 9.75. The highest BCUT2D eigenvalue weighted by Crippen LogP contribution is 2.11. The zero-order valence-corrected chi connectivity index (χ0v) is 16.7. The Morgan fingerprint density at radius 2 is 1.74 bits per heavy atom. The summed E-state index contributed by atoms with van der Waals surface area (Å²) in [4.78, 5) is 44.7. The van der Waals surface area contributed by atoms with E-state index in [2.05, 4.69) is 20.6 Å². The van der Waals surface area contributed by atoms with Crippen molar-refractivity contribution in [2.45, 2.75) is 31.8 Å². The molecule has 0 fully saturated rings. The standard InChI is InChI=1S/C22H21FN4O4/c1-13(28)25-19(10-14-5-4-6-15(23)9-14)21(29)27-20(22(30)31)11-16-12-24-17-7-2-3-8-18(17)26-16/h2-9,12,19-20H,10-11H2,1H3,(H,25,28)(H,27,29)(H,30,31)/t19-,20-/m1/s1. The van der Waals surface area contributed by atoms with E-state index >= 15 is 0 Å². The van der Waals surface area contributed by atoms with Gasteiger partial charge >= 0.3 is 5.97 Å². The van der Waals surface area contributed by atoms with Gasteiger partial charge in [-0.15, -0.1) is 0 Å². The SMILES string of the molecule is CC(=O)N[C@H](Cc1cccc(F)c1)C(=O)N[C@H](Cc1cnc2ccccc2n1)C(=O)O. The number of rotatable bonds is 8. The molecule has 9 heteroatoms. The summed E-state index contributed by atoms with van der Waals surface area (Å²) in [5.74, 6) is -2.89. The number of halogens is 1. The van der Waals surface area contributed by atoms with Crippen molar-refractivity contribution >= 4 is 28.8 Å². The molecule has 2 amide bonds. The number of benzene rings is 2. The van der Waals surface area contributed by atoms with E-state index in [1.54, 1.807) is 24.3 Å². The lowest BCUT2D eigenvalue weighted by molar-refractivity contribution is -0.142. The van der Waals surface area contributed by atoms with Crippen LogP contribution >= 0.6 is 0 Å². The lowest BCUT2D eigenvalue weighted by atomic mass is 10.0. The van der Waals surface area contributed by atoms with Gasteiger partial charge in [0, 0.05) is 26.0 Å². The fourth-order valence-electron chi connectivity index (χ4n) is 3.13. The summed E-state index contributed by atoms with van der Waals surface area (Å²) >= 11 is 0. The topological polar surface area (TPSA) is 121 Å². The number of carboxylic acids is 1. The third kappa shape index (κ3) is 6.05. The molecule has 1 aromatic heterocycles. The van der Waals surface area contributed by atoms with Crippen LogP contribution in [0.5, 0.6) is 0 Å². The third-order valence-corrected chi connectivity index (χ3v) is 4.55. The lowest BCUT2D eigenvalue weighted by Crippen LogP contribution is -2.52. The molecule has 160 valence electrons. The number of nitrogens with one attached hydrogen (secondary N) is 2. The fraction of sp³-hybridized carbons (Fsp3) is 0.227. The maximum absolute atomic E-state index is 13.5. The molecule has 3 rings (SSSR count). The van der Waals surface area contributed by atoms with Gasteiger partial charge in [-0.2, -0.15) is 0 Å². The molecule has 2 atom stereocenters. The average molecular weight is 424 g/mol. The number of carboxylic acid groups (broad SMARTS) is 1. The number of aromatic nitrogens is 2.